The molecule has 142 valence electrons. The Morgan fingerprint density at radius 2 is 1.89 bits per heavy atom. The van der Waals surface area contributed by atoms with Gasteiger partial charge < -0.3 is 5.32 Å². The van der Waals surface area contributed by atoms with Crippen LogP contribution in [0.5, 0.6) is 0 Å². The molecule has 0 bridgehead atoms. The van der Waals surface area contributed by atoms with Crippen LogP contribution in [0.1, 0.15) is 18.1 Å². The average molecular weight is 411 g/mol. The van der Waals surface area contributed by atoms with Crippen molar-refractivity contribution < 1.29 is 4.79 Å². The third-order valence-corrected chi connectivity index (χ3v) is 6.25. The van der Waals surface area contributed by atoms with Gasteiger partial charge in [0, 0.05) is 0 Å². The van der Waals surface area contributed by atoms with E-state index in [9.17, 15) is 4.79 Å². The first-order valence-electron chi connectivity index (χ1n) is 8.71. The molecule has 2 heterocycles. The lowest BCUT2D eigenvalue weighted by Crippen LogP contribution is -2.22. The molecule has 7 nitrogen and oxygen atoms in total. The summed E-state index contributed by atoms with van der Waals surface area (Å²) in [7, 11) is 0. The highest BCUT2D eigenvalue weighted by Crippen LogP contribution is 2.29. The minimum absolute atomic E-state index is 0.139. The number of benzene rings is 2. The topological polar surface area (TPSA) is 85.6 Å². The van der Waals surface area contributed by atoms with Gasteiger partial charge in [0.2, 0.25) is 11.1 Å². The zero-order valence-electron chi connectivity index (χ0n) is 15.6. The number of tetrazole rings is 1. The first-order chi connectivity index (χ1) is 13.5. The molecule has 0 aliphatic carbocycles. The summed E-state index contributed by atoms with van der Waals surface area (Å²) in [6.45, 7) is 5.86. The quantitative estimate of drug-likeness (QED) is 0.501. The molecule has 1 atom stereocenters. The van der Waals surface area contributed by atoms with E-state index in [1.54, 1.807) is 4.68 Å². The van der Waals surface area contributed by atoms with Crippen LogP contribution in [-0.2, 0) is 4.79 Å². The Balaban J connectivity index is 1.52. The van der Waals surface area contributed by atoms with Crippen LogP contribution in [-0.4, -0.2) is 36.3 Å². The fraction of sp³-hybridized carbons (Fsp3) is 0.211. The predicted octanol–water partition coefficient (Wildman–Crippen LogP) is 4.01. The van der Waals surface area contributed by atoms with Crippen molar-refractivity contribution in [2.45, 2.75) is 31.2 Å². The Hall–Kier alpha value is -2.78. The molecule has 2 aromatic heterocycles. The molecule has 0 radical (unpaired) electrons. The van der Waals surface area contributed by atoms with E-state index in [4.69, 9.17) is 0 Å². The molecule has 2 aromatic carbocycles. The van der Waals surface area contributed by atoms with Crippen LogP contribution >= 0.6 is 23.1 Å². The normalized spacial score (nSPS) is 12.2. The molecule has 9 heteroatoms. The van der Waals surface area contributed by atoms with E-state index in [0.717, 1.165) is 27.0 Å². The second kappa shape index (κ2) is 7.69. The molecule has 1 unspecified atom stereocenters. The number of aromatic nitrogens is 5. The summed E-state index contributed by atoms with van der Waals surface area (Å²) in [4.78, 5) is 17.1. The summed E-state index contributed by atoms with van der Waals surface area (Å²) in [5.41, 5.74) is 3.96. The average Bonchev–Trinajstić information content (AvgIpc) is 3.28. The van der Waals surface area contributed by atoms with Gasteiger partial charge in [0.05, 0.1) is 21.2 Å². The van der Waals surface area contributed by atoms with Crippen LogP contribution in [0.15, 0.2) is 47.6 Å². The van der Waals surface area contributed by atoms with Crippen LogP contribution < -0.4 is 5.32 Å². The third-order valence-electron chi connectivity index (χ3n) is 4.27. The SMILES string of the molecule is Cc1cccc(C)c1-n1nnnc1SC(C)C(=O)Nc1nc2ccccc2s1. The number of para-hydroxylation sites is 2. The van der Waals surface area contributed by atoms with Crippen molar-refractivity contribution in [3.05, 3.63) is 53.6 Å². The van der Waals surface area contributed by atoms with E-state index in [1.165, 1.54) is 23.1 Å². The monoisotopic (exact) mass is 410 g/mol. The Morgan fingerprint density at radius 1 is 1.14 bits per heavy atom. The number of anilines is 1. The van der Waals surface area contributed by atoms with Crippen LogP contribution in [0.4, 0.5) is 5.13 Å². The molecule has 28 heavy (non-hydrogen) atoms. The summed E-state index contributed by atoms with van der Waals surface area (Å²) in [6.07, 6.45) is 0. The van der Waals surface area contributed by atoms with Gasteiger partial charge in [0.15, 0.2) is 5.13 Å². The number of thiazole rings is 1. The summed E-state index contributed by atoms with van der Waals surface area (Å²) in [6, 6.07) is 13.8. The Morgan fingerprint density at radius 3 is 2.64 bits per heavy atom. The predicted molar refractivity (Wildman–Crippen MR) is 112 cm³/mol. The lowest BCUT2D eigenvalue weighted by atomic mass is 10.1. The molecular weight excluding hydrogens is 392 g/mol. The van der Waals surface area contributed by atoms with Crippen LogP contribution in [0, 0.1) is 13.8 Å². The van der Waals surface area contributed by atoms with Gasteiger partial charge in [-0.2, -0.15) is 4.68 Å². The van der Waals surface area contributed by atoms with Crippen LogP contribution in [0.25, 0.3) is 15.9 Å². The number of hydrogen-bond acceptors (Lipinski definition) is 7. The number of rotatable bonds is 5. The highest BCUT2D eigenvalue weighted by molar-refractivity contribution is 8.00. The van der Waals surface area contributed by atoms with E-state index < -0.39 is 0 Å². The summed E-state index contributed by atoms with van der Waals surface area (Å²) in [5.74, 6) is -0.139. The highest BCUT2D eigenvalue weighted by atomic mass is 32.2. The van der Waals surface area contributed by atoms with E-state index >= 15 is 0 Å². The van der Waals surface area contributed by atoms with Crippen molar-refractivity contribution in [1.82, 2.24) is 25.2 Å². The van der Waals surface area contributed by atoms with Crippen molar-refractivity contribution in [3.8, 4) is 5.69 Å². The van der Waals surface area contributed by atoms with Crippen molar-refractivity contribution in [3.63, 3.8) is 0 Å². The minimum Gasteiger partial charge on any atom is -0.301 e. The molecule has 0 saturated carbocycles. The molecule has 0 aliphatic rings. The van der Waals surface area contributed by atoms with Gasteiger partial charge in [-0.25, -0.2) is 4.98 Å². The number of amides is 1. The molecule has 1 N–H and O–H groups in total. The first kappa shape index (κ1) is 18.6. The number of nitrogens with one attached hydrogen (secondary N) is 1. The standard InChI is InChI=1S/C19H18N6OS2/c1-11-7-6-8-12(2)16(11)25-19(22-23-24-25)27-13(3)17(26)21-18-20-14-9-4-5-10-15(14)28-18/h4-10,13H,1-3H3,(H,20,21,26). The van der Waals surface area contributed by atoms with Crippen molar-refractivity contribution in [1.29, 1.82) is 0 Å². The van der Waals surface area contributed by atoms with Gasteiger partial charge in [0.25, 0.3) is 0 Å². The Kier molecular flexibility index (Phi) is 5.10. The summed E-state index contributed by atoms with van der Waals surface area (Å²) in [5, 5.41) is 15.7. The fourth-order valence-corrected chi connectivity index (χ4v) is 4.54. The zero-order chi connectivity index (χ0) is 19.7. The zero-order valence-corrected chi connectivity index (χ0v) is 17.2. The highest BCUT2D eigenvalue weighted by Gasteiger charge is 2.21. The molecular formula is C19H18N6OS2. The van der Waals surface area contributed by atoms with E-state index in [-0.39, 0.29) is 11.2 Å². The van der Waals surface area contributed by atoms with Gasteiger partial charge in [-0.05, 0) is 54.5 Å². The summed E-state index contributed by atoms with van der Waals surface area (Å²) >= 11 is 2.77. The smallest absolute Gasteiger partial charge is 0.239 e. The lowest BCUT2D eigenvalue weighted by molar-refractivity contribution is -0.115. The largest absolute Gasteiger partial charge is 0.301 e. The van der Waals surface area contributed by atoms with Crippen molar-refractivity contribution >= 4 is 44.4 Å². The molecule has 0 spiro atoms. The second-order valence-corrected chi connectivity index (χ2v) is 8.69. The maximum absolute atomic E-state index is 12.7. The number of nitrogens with zero attached hydrogens (tertiary/aromatic N) is 5. The molecule has 0 saturated heterocycles. The molecule has 1 amide bonds. The first-order valence-corrected chi connectivity index (χ1v) is 10.4. The van der Waals surface area contributed by atoms with Crippen molar-refractivity contribution in [2.24, 2.45) is 0 Å². The van der Waals surface area contributed by atoms with Gasteiger partial charge in [0.1, 0.15) is 0 Å². The molecule has 4 rings (SSSR count). The number of hydrogen-bond donors (Lipinski definition) is 1. The van der Waals surface area contributed by atoms with Gasteiger partial charge in [-0.3, -0.25) is 4.79 Å². The Bertz CT molecular complexity index is 1100. The van der Waals surface area contributed by atoms with Gasteiger partial charge >= 0.3 is 0 Å². The fourth-order valence-electron chi connectivity index (χ4n) is 2.88. The summed E-state index contributed by atoms with van der Waals surface area (Å²) < 4.78 is 2.73. The van der Waals surface area contributed by atoms with Crippen molar-refractivity contribution in [2.75, 3.05) is 5.32 Å². The molecule has 4 aromatic rings. The number of fused-ring (bicyclic) bond motifs is 1. The lowest BCUT2D eigenvalue weighted by Gasteiger charge is -2.13. The second-order valence-electron chi connectivity index (χ2n) is 6.35. The minimum atomic E-state index is -0.388. The number of thioether (sulfide) groups is 1. The maximum atomic E-state index is 12.7. The van der Waals surface area contributed by atoms with E-state index in [1.807, 2.05) is 63.2 Å². The number of carbonyl (C=O) groups is 1. The maximum Gasteiger partial charge on any atom is 0.239 e. The van der Waals surface area contributed by atoms with Crippen LogP contribution in [0.3, 0.4) is 0 Å². The van der Waals surface area contributed by atoms with Gasteiger partial charge in [-0.1, -0.05) is 53.4 Å². The third kappa shape index (κ3) is 3.63. The number of carbonyl (C=O) groups excluding carboxylic acids is 1. The van der Waals surface area contributed by atoms with E-state index in [2.05, 4.69) is 25.8 Å². The van der Waals surface area contributed by atoms with Gasteiger partial charge in [-0.15, -0.1) is 5.10 Å². The molecule has 0 aliphatic heterocycles. The van der Waals surface area contributed by atoms with E-state index in [0.29, 0.717) is 10.3 Å². The van der Waals surface area contributed by atoms with Crippen LogP contribution in [0.2, 0.25) is 0 Å². The number of aryl methyl sites for hydroxylation is 2. The molecule has 0 fully saturated rings. The Labute approximate surface area is 170 Å².